The standard InChI is InChI=1S/C7H6F5N3/c8-5(9)3-2(13)1-15-6(14)4(3)7(10,11)12/h1,5H,13H2,(H2,14,15). The highest BCUT2D eigenvalue weighted by atomic mass is 19.4. The van der Waals surface area contributed by atoms with Crippen molar-refractivity contribution >= 4 is 11.5 Å². The number of hydrogen-bond donors (Lipinski definition) is 2. The summed E-state index contributed by atoms with van der Waals surface area (Å²) < 4.78 is 61.7. The third-order valence-corrected chi connectivity index (χ3v) is 1.68. The van der Waals surface area contributed by atoms with Gasteiger partial charge in [0, 0.05) is 0 Å². The molecule has 1 aromatic heterocycles. The third-order valence-electron chi connectivity index (χ3n) is 1.68. The van der Waals surface area contributed by atoms with Crippen LogP contribution in [0.2, 0.25) is 0 Å². The van der Waals surface area contributed by atoms with E-state index in [0.717, 1.165) is 0 Å². The SMILES string of the molecule is Nc1cnc(N)c(C(F)(F)F)c1C(F)F. The van der Waals surface area contributed by atoms with Crippen LogP contribution in [0, 0.1) is 0 Å². The molecule has 0 spiro atoms. The Hall–Kier alpha value is -1.60. The van der Waals surface area contributed by atoms with Crippen molar-refractivity contribution in [3.05, 3.63) is 17.3 Å². The zero-order valence-corrected chi connectivity index (χ0v) is 7.15. The predicted molar refractivity (Wildman–Crippen MR) is 43.0 cm³/mol. The molecule has 84 valence electrons. The van der Waals surface area contributed by atoms with Gasteiger partial charge in [0.05, 0.1) is 17.4 Å². The largest absolute Gasteiger partial charge is 0.420 e. The fourth-order valence-electron chi connectivity index (χ4n) is 1.09. The maximum absolute atomic E-state index is 12.3. The van der Waals surface area contributed by atoms with Gasteiger partial charge < -0.3 is 11.5 Å². The molecule has 0 aliphatic heterocycles. The highest BCUT2D eigenvalue weighted by Gasteiger charge is 2.39. The zero-order chi connectivity index (χ0) is 11.8. The fourth-order valence-corrected chi connectivity index (χ4v) is 1.09. The minimum absolute atomic E-state index is 0.673. The lowest BCUT2D eigenvalue weighted by atomic mass is 10.1. The van der Waals surface area contributed by atoms with Gasteiger partial charge in [0.25, 0.3) is 6.43 Å². The van der Waals surface area contributed by atoms with Gasteiger partial charge in [-0.15, -0.1) is 0 Å². The first-order valence-electron chi connectivity index (χ1n) is 3.64. The van der Waals surface area contributed by atoms with E-state index in [9.17, 15) is 22.0 Å². The molecular weight excluding hydrogens is 221 g/mol. The van der Waals surface area contributed by atoms with Crippen LogP contribution in [0.1, 0.15) is 17.6 Å². The maximum Gasteiger partial charge on any atom is 0.420 e. The number of nitrogens with zero attached hydrogens (tertiary/aromatic N) is 1. The van der Waals surface area contributed by atoms with Gasteiger partial charge in [-0.2, -0.15) is 13.2 Å². The molecule has 0 saturated carbocycles. The second-order valence-electron chi connectivity index (χ2n) is 2.69. The quantitative estimate of drug-likeness (QED) is 0.723. The summed E-state index contributed by atoms with van der Waals surface area (Å²) in [5.41, 5.74) is 6.16. The first-order chi connectivity index (χ1) is 6.75. The molecule has 0 atom stereocenters. The van der Waals surface area contributed by atoms with Crippen molar-refractivity contribution in [2.24, 2.45) is 0 Å². The number of alkyl halides is 5. The van der Waals surface area contributed by atoms with Crippen molar-refractivity contribution in [2.75, 3.05) is 11.5 Å². The van der Waals surface area contributed by atoms with Gasteiger partial charge in [0.1, 0.15) is 11.4 Å². The van der Waals surface area contributed by atoms with Crippen molar-refractivity contribution in [3.8, 4) is 0 Å². The second-order valence-corrected chi connectivity index (χ2v) is 2.69. The van der Waals surface area contributed by atoms with E-state index in [4.69, 9.17) is 11.5 Å². The highest BCUT2D eigenvalue weighted by molar-refractivity contribution is 5.58. The Kier molecular flexibility index (Phi) is 2.69. The van der Waals surface area contributed by atoms with Crippen LogP contribution in [-0.2, 0) is 6.18 Å². The van der Waals surface area contributed by atoms with Gasteiger partial charge in [-0.3, -0.25) is 0 Å². The Balaban J connectivity index is 3.53. The lowest BCUT2D eigenvalue weighted by Crippen LogP contribution is -2.16. The van der Waals surface area contributed by atoms with E-state index in [-0.39, 0.29) is 0 Å². The topological polar surface area (TPSA) is 64.9 Å². The molecule has 1 heterocycles. The second kappa shape index (κ2) is 3.52. The zero-order valence-electron chi connectivity index (χ0n) is 7.15. The molecule has 0 aliphatic rings. The lowest BCUT2D eigenvalue weighted by molar-refractivity contribution is -0.138. The van der Waals surface area contributed by atoms with Crippen LogP contribution < -0.4 is 11.5 Å². The maximum atomic E-state index is 12.3. The Labute approximate surface area is 80.9 Å². The molecule has 0 saturated heterocycles. The molecule has 8 heteroatoms. The lowest BCUT2D eigenvalue weighted by Gasteiger charge is -2.15. The molecular formula is C7H6F5N3. The first kappa shape index (κ1) is 11.5. The summed E-state index contributed by atoms with van der Waals surface area (Å²) in [6.07, 6.45) is -7.68. The van der Waals surface area contributed by atoms with E-state index in [2.05, 4.69) is 4.98 Å². The van der Waals surface area contributed by atoms with E-state index >= 15 is 0 Å². The molecule has 0 aromatic carbocycles. The Morgan fingerprint density at radius 2 is 1.73 bits per heavy atom. The van der Waals surface area contributed by atoms with Crippen molar-refractivity contribution in [3.63, 3.8) is 0 Å². The monoisotopic (exact) mass is 227 g/mol. The van der Waals surface area contributed by atoms with Crippen LogP contribution in [0.15, 0.2) is 6.20 Å². The molecule has 0 fully saturated rings. The molecule has 1 aromatic rings. The summed E-state index contributed by atoms with van der Waals surface area (Å²) >= 11 is 0. The third kappa shape index (κ3) is 2.08. The minimum atomic E-state index is -5.00. The Bertz CT molecular complexity index is 374. The van der Waals surface area contributed by atoms with Crippen molar-refractivity contribution in [2.45, 2.75) is 12.6 Å². The number of pyridine rings is 1. The van der Waals surface area contributed by atoms with E-state index in [0.29, 0.717) is 6.20 Å². The molecule has 0 amide bonds. The molecule has 0 aliphatic carbocycles. The number of aromatic nitrogens is 1. The molecule has 15 heavy (non-hydrogen) atoms. The van der Waals surface area contributed by atoms with Gasteiger partial charge in [0.15, 0.2) is 0 Å². The molecule has 0 unspecified atom stereocenters. The number of halogens is 5. The average Bonchev–Trinajstić information content (AvgIpc) is 2.05. The normalized spacial score (nSPS) is 12.1. The van der Waals surface area contributed by atoms with E-state index in [1.54, 1.807) is 0 Å². The van der Waals surface area contributed by atoms with E-state index < -0.39 is 35.2 Å². The van der Waals surface area contributed by atoms with Crippen LogP contribution >= 0.6 is 0 Å². The van der Waals surface area contributed by atoms with Gasteiger partial charge in [-0.05, 0) is 0 Å². The van der Waals surface area contributed by atoms with Crippen molar-refractivity contribution < 1.29 is 22.0 Å². The number of nitrogens with two attached hydrogens (primary N) is 2. The summed E-state index contributed by atoms with van der Waals surface area (Å²) in [4.78, 5) is 3.09. The van der Waals surface area contributed by atoms with Crippen LogP contribution in [0.4, 0.5) is 33.5 Å². The van der Waals surface area contributed by atoms with Crippen LogP contribution in [0.25, 0.3) is 0 Å². The summed E-state index contributed by atoms with van der Waals surface area (Å²) in [7, 11) is 0. The van der Waals surface area contributed by atoms with Crippen molar-refractivity contribution in [1.82, 2.24) is 4.98 Å². The van der Waals surface area contributed by atoms with Gasteiger partial charge in [-0.25, -0.2) is 13.8 Å². The first-order valence-corrected chi connectivity index (χ1v) is 3.64. The molecule has 4 N–H and O–H groups in total. The van der Waals surface area contributed by atoms with Crippen molar-refractivity contribution in [1.29, 1.82) is 0 Å². The molecule has 1 rings (SSSR count). The molecule has 0 radical (unpaired) electrons. The van der Waals surface area contributed by atoms with Gasteiger partial charge in [-0.1, -0.05) is 0 Å². The minimum Gasteiger partial charge on any atom is -0.397 e. The van der Waals surface area contributed by atoms with Crippen LogP contribution in [0.3, 0.4) is 0 Å². The summed E-state index contributed by atoms with van der Waals surface area (Å²) in [5, 5.41) is 0. The summed E-state index contributed by atoms with van der Waals surface area (Å²) in [6, 6.07) is 0. The number of nitrogen functional groups attached to an aromatic ring is 2. The Morgan fingerprint density at radius 1 is 1.20 bits per heavy atom. The average molecular weight is 227 g/mol. The van der Waals surface area contributed by atoms with Gasteiger partial charge >= 0.3 is 6.18 Å². The number of hydrogen-bond acceptors (Lipinski definition) is 3. The Morgan fingerprint density at radius 3 is 2.07 bits per heavy atom. The fraction of sp³-hybridized carbons (Fsp3) is 0.286. The molecule has 3 nitrogen and oxygen atoms in total. The smallest absolute Gasteiger partial charge is 0.397 e. The van der Waals surface area contributed by atoms with E-state index in [1.807, 2.05) is 0 Å². The summed E-state index contributed by atoms with van der Waals surface area (Å²) in [6.45, 7) is 0. The highest BCUT2D eigenvalue weighted by Crippen LogP contribution is 2.41. The molecule has 0 bridgehead atoms. The van der Waals surface area contributed by atoms with Crippen LogP contribution in [-0.4, -0.2) is 4.98 Å². The summed E-state index contributed by atoms with van der Waals surface area (Å²) in [5.74, 6) is -1.01. The number of anilines is 2. The van der Waals surface area contributed by atoms with Gasteiger partial charge in [0.2, 0.25) is 0 Å². The number of rotatable bonds is 1. The van der Waals surface area contributed by atoms with E-state index in [1.165, 1.54) is 0 Å². The predicted octanol–water partition coefficient (Wildman–Crippen LogP) is 2.20. The van der Waals surface area contributed by atoms with Crippen LogP contribution in [0.5, 0.6) is 0 Å².